The summed E-state index contributed by atoms with van der Waals surface area (Å²) in [6.45, 7) is 1.81. The Hall–Kier alpha value is -3.27. The average molecular weight is 312 g/mol. The molecule has 0 amide bonds. The number of aryl methyl sites for hydroxylation is 1. The van der Waals surface area contributed by atoms with E-state index in [4.69, 9.17) is 15.2 Å². The maximum Gasteiger partial charge on any atom is 0.173 e. The molecular weight excluding hydrogens is 299 g/mol. The van der Waals surface area contributed by atoms with Crippen molar-refractivity contribution >= 4 is 11.2 Å². The van der Waals surface area contributed by atoms with E-state index in [1.807, 2.05) is 13.0 Å². The first-order chi connectivity index (χ1) is 11.0. The fraction of sp³-hybridized carbons (Fsp3) is 0.125. The molecule has 3 rings (SSSR count). The minimum absolute atomic E-state index is 0.0247. The normalized spacial score (nSPS) is 10.5. The molecule has 1 aromatic carbocycles. The third-order valence-corrected chi connectivity index (χ3v) is 3.47. The summed E-state index contributed by atoms with van der Waals surface area (Å²) in [5.74, 6) is 0.172. The number of nitrogen functional groups attached to an aromatic ring is 1. The van der Waals surface area contributed by atoms with Gasteiger partial charge in [-0.2, -0.15) is 10.4 Å². The number of methoxy groups -OCH3 is 1. The van der Waals surface area contributed by atoms with Gasteiger partial charge in [0.1, 0.15) is 22.9 Å². The third kappa shape index (κ3) is 2.40. The maximum absolute atomic E-state index is 14.0. The van der Waals surface area contributed by atoms with Gasteiger partial charge in [-0.05, 0) is 19.1 Å². The number of hydrogen-bond donors (Lipinski definition) is 1. The zero-order chi connectivity index (χ0) is 16.6. The van der Waals surface area contributed by atoms with Crippen LogP contribution in [0.15, 0.2) is 30.6 Å². The molecule has 0 saturated heterocycles. The molecule has 0 bridgehead atoms. The van der Waals surface area contributed by atoms with Crippen LogP contribution < -0.4 is 15.2 Å². The van der Waals surface area contributed by atoms with Crippen LogP contribution in [0.2, 0.25) is 0 Å². The molecule has 23 heavy (non-hydrogen) atoms. The first-order valence-corrected chi connectivity index (χ1v) is 6.73. The number of nitriles is 1. The molecule has 116 valence electrons. The Kier molecular flexibility index (Phi) is 3.50. The molecule has 0 saturated carbocycles. The van der Waals surface area contributed by atoms with Crippen molar-refractivity contribution in [3.05, 3.63) is 47.5 Å². The van der Waals surface area contributed by atoms with Crippen molar-refractivity contribution in [3.63, 3.8) is 0 Å². The summed E-state index contributed by atoms with van der Waals surface area (Å²) in [5, 5.41) is 13.4. The molecule has 2 aromatic heterocycles. The van der Waals surface area contributed by atoms with Crippen molar-refractivity contribution < 1.29 is 13.9 Å². The van der Waals surface area contributed by atoms with Crippen LogP contribution in [0.1, 0.15) is 11.1 Å². The Labute approximate surface area is 131 Å². The van der Waals surface area contributed by atoms with Gasteiger partial charge in [-0.3, -0.25) is 0 Å². The summed E-state index contributed by atoms with van der Waals surface area (Å²) in [5.41, 5.74) is 7.29. The number of nitrogens with zero attached hydrogens (tertiary/aromatic N) is 3. The van der Waals surface area contributed by atoms with E-state index < -0.39 is 5.82 Å². The van der Waals surface area contributed by atoms with Crippen molar-refractivity contribution in [3.8, 4) is 23.3 Å². The molecule has 0 aliphatic rings. The number of rotatable bonds is 3. The molecule has 7 heteroatoms. The minimum atomic E-state index is -0.611. The fourth-order valence-electron chi connectivity index (χ4n) is 2.33. The lowest BCUT2D eigenvalue weighted by atomic mass is 10.2. The van der Waals surface area contributed by atoms with Crippen LogP contribution in [0.25, 0.3) is 5.52 Å². The van der Waals surface area contributed by atoms with Crippen LogP contribution in [-0.2, 0) is 0 Å². The van der Waals surface area contributed by atoms with Gasteiger partial charge in [-0.25, -0.2) is 8.91 Å². The summed E-state index contributed by atoms with van der Waals surface area (Å²) in [4.78, 5) is 0. The fourth-order valence-corrected chi connectivity index (χ4v) is 2.33. The van der Waals surface area contributed by atoms with Gasteiger partial charge in [-0.15, -0.1) is 0 Å². The van der Waals surface area contributed by atoms with Crippen LogP contribution in [0.4, 0.5) is 10.1 Å². The smallest absolute Gasteiger partial charge is 0.173 e. The van der Waals surface area contributed by atoms with Crippen molar-refractivity contribution in [1.29, 1.82) is 5.26 Å². The van der Waals surface area contributed by atoms with Gasteiger partial charge in [-0.1, -0.05) is 0 Å². The topological polar surface area (TPSA) is 85.6 Å². The number of anilines is 1. The summed E-state index contributed by atoms with van der Waals surface area (Å²) >= 11 is 0. The highest BCUT2D eigenvalue weighted by molar-refractivity contribution is 5.73. The Morgan fingerprint density at radius 2 is 2.13 bits per heavy atom. The van der Waals surface area contributed by atoms with Gasteiger partial charge < -0.3 is 15.2 Å². The Balaban J connectivity index is 2.22. The molecule has 2 N–H and O–H groups in total. The summed E-state index contributed by atoms with van der Waals surface area (Å²) in [7, 11) is 1.53. The Bertz CT molecular complexity index is 943. The lowest BCUT2D eigenvalue weighted by Gasteiger charge is -2.11. The predicted octanol–water partition coefficient (Wildman–Crippen LogP) is 3.04. The van der Waals surface area contributed by atoms with Crippen molar-refractivity contribution in [2.75, 3.05) is 12.8 Å². The highest BCUT2D eigenvalue weighted by Gasteiger charge is 2.19. The van der Waals surface area contributed by atoms with Crippen molar-refractivity contribution in [1.82, 2.24) is 9.61 Å². The summed E-state index contributed by atoms with van der Waals surface area (Å²) < 4.78 is 26.5. The van der Waals surface area contributed by atoms with Crippen LogP contribution >= 0.6 is 0 Å². The van der Waals surface area contributed by atoms with Gasteiger partial charge in [0.25, 0.3) is 0 Å². The molecule has 0 unspecified atom stereocenters. The van der Waals surface area contributed by atoms with Gasteiger partial charge in [0.05, 0.1) is 19.5 Å². The molecule has 2 heterocycles. The molecule has 0 fully saturated rings. The number of halogens is 1. The summed E-state index contributed by atoms with van der Waals surface area (Å²) in [6, 6.07) is 6.10. The SMILES string of the molecule is COc1cn2ncc(C#N)c(Oc3ccc(N)cc3F)c2c1C. The van der Waals surface area contributed by atoms with Crippen molar-refractivity contribution in [2.45, 2.75) is 6.92 Å². The molecule has 0 atom stereocenters. The number of benzene rings is 1. The van der Waals surface area contributed by atoms with E-state index in [1.165, 1.54) is 30.0 Å². The zero-order valence-corrected chi connectivity index (χ0v) is 12.5. The second-order valence-corrected chi connectivity index (χ2v) is 4.91. The lowest BCUT2D eigenvalue weighted by molar-refractivity contribution is 0.412. The highest BCUT2D eigenvalue weighted by atomic mass is 19.1. The van der Waals surface area contributed by atoms with Gasteiger partial charge in [0, 0.05) is 17.3 Å². The van der Waals surface area contributed by atoms with E-state index in [1.54, 1.807) is 6.20 Å². The molecule has 6 nitrogen and oxygen atoms in total. The first-order valence-electron chi connectivity index (χ1n) is 6.73. The number of nitrogens with two attached hydrogens (primary N) is 1. The Morgan fingerprint density at radius 3 is 2.78 bits per heavy atom. The van der Waals surface area contributed by atoms with Gasteiger partial charge in [0.15, 0.2) is 17.3 Å². The lowest BCUT2D eigenvalue weighted by Crippen LogP contribution is -1.99. The molecule has 0 spiro atoms. The minimum Gasteiger partial charge on any atom is -0.495 e. The maximum atomic E-state index is 14.0. The number of ether oxygens (including phenoxy) is 2. The highest BCUT2D eigenvalue weighted by Crippen LogP contribution is 2.36. The average Bonchev–Trinajstić information content (AvgIpc) is 2.86. The third-order valence-electron chi connectivity index (χ3n) is 3.47. The van der Waals surface area contributed by atoms with E-state index in [9.17, 15) is 9.65 Å². The van der Waals surface area contributed by atoms with Crippen LogP contribution in [0, 0.1) is 24.1 Å². The van der Waals surface area contributed by atoms with E-state index in [0.29, 0.717) is 11.3 Å². The van der Waals surface area contributed by atoms with Crippen LogP contribution in [0.5, 0.6) is 17.2 Å². The van der Waals surface area contributed by atoms with Gasteiger partial charge >= 0.3 is 0 Å². The van der Waals surface area contributed by atoms with E-state index >= 15 is 0 Å². The quantitative estimate of drug-likeness (QED) is 0.751. The largest absolute Gasteiger partial charge is 0.495 e. The van der Waals surface area contributed by atoms with Crippen LogP contribution in [-0.4, -0.2) is 16.7 Å². The van der Waals surface area contributed by atoms with E-state index in [-0.39, 0.29) is 22.7 Å². The number of aromatic nitrogens is 2. The zero-order valence-electron chi connectivity index (χ0n) is 12.5. The monoisotopic (exact) mass is 312 g/mol. The summed E-state index contributed by atoms with van der Waals surface area (Å²) in [6.07, 6.45) is 3.02. The van der Waals surface area contributed by atoms with E-state index in [0.717, 1.165) is 11.6 Å². The van der Waals surface area contributed by atoms with Crippen LogP contribution in [0.3, 0.4) is 0 Å². The van der Waals surface area contributed by atoms with Gasteiger partial charge in [0.2, 0.25) is 0 Å². The molecule has 0 aliphatic carbocycles. The first kappa shape index (κ1) is 14.7. The Morgan fingerprint density at radius 1 is 1.35 bits per heavy atom. The number of fused-ring (bicyclic) bond motifs is 1. The predicted molar refractivity (Wildman–Crippen MR) is 82.1 cm³/mol. The molecule has 0 radical (unpaired) electrons. The second-order valence-electron chi connectivity index (χ2n) is 4.91. The molecular formula is C16H13FN4O2. The van der Waals surface area contributed by atoms with Crippen molar-refractivity contribution in [2.24, 2.45) is 0 Å². The number of hydrogen-bond acceptors (Lipinski definition) is 5. The van der Waals surface area contributed by atoms with E-state index in [2.05, 4.69) is 5.10 Å². The molecule has 0 aliphatic heterocycles. The standard InChI is InChI=1S/C16H13FN4O2/c1-9-14(22-2)8-21-15(9)16(10(6-18)7-20-21)23-13-4-3-11(19)5-12(13)17/h3-5,7-8H,19H2,1-2H3. The molecule has 3 aromatic rings. The second kappa shape index (κ2) is 5.50.